The van der Waals surface area contributed by atoms with Crippen LogP contribution in [0.1, 0.15) is 70.5 Å². The average molecular weight is 501 g/mol. The van der Waals surface area contributed by atoms with Crippen LogP contribution in [-0.4, -0.2) is 82.0 Å². The Kier molecular flexibility index (Phi) is 6.47. The molecule has 0 radical (unpaired) electrons. The van der Waals surface area contributed by atoms with Gasteiger partial charge in [-0.2, -0.15) is 0 Å². The van der Waals surface area contributed by atoms with Crippen LogP contribution < -0.4 is 5.32 Å². The second kappa shape index (κ2) is 9.32. The zero-order chi connectivity index (χ0) is 25.8. The highest BCUT2D eigenvalue weighted by Crippen LogP contribution is 2.44. The molecule has 3 fully saturated rings. The van der Waals surface area contributed by atoms with E-state index in [1.807, 2.05) is 27.7 Å². The number of hydrogen-bond acceptors (Lipinski definition) is 5. The quantitative estimate of drug-likeness (QED) is 0.672. The molecule has 1 N–H and O–H groups in total. The molecular formula is C27H37FN4O4. The highest BCUT2D eigenvalue weighted by Gasteiger charge is 2.53. The van der Waals surface area contributed by atoms with Gasteiger partial charge in [-0.25, -0.2) is 9.18 Å². The number of carbonyl (C=O) groups is 3. The standard InChI is InChI=1S/C27H37FN4O4/c1-16-6-5-11-31(16)24(33)21(29-26(35)36-27(2,3)4)15-30-14-19-13-23(30)25(34)32(19)22-10-7-17-12-18(28)8-9-20(17)22/h8-9,12,16,19,21-23H,5-7,10-11,13-15H2,1-4H3,(H,29,35)/t16-,19+,21+,22-,23+/m1/s1. The lowest BCUT2D eigenvalue weighted by Crippen LogP contribution is -2.59. The Bertz CT molecular complexity index is 1060. The summed E-state index contributed by atoms with van der Waals surface area (Å²) in [6.45, 7) is 8.98. The molecule has 1 aliphatic carbocycles. The van der Waals surface area contributed by atoms with Crippen LogP contribution in [0.3, 0.4) is 0 Å². The molecule has 196 valence electrons. The summed E-state index contributed by atoms with van der Waals surface area (Å²) in [5.74, 6) is -0.300. The molecule has 3 amide bonds. The molecule has 5 rings (SSSR count). The van der Waals surface area contributed by atoms with Gasteiger partial charge in [-0.15, -0.1) is 0 Å². The largest absolute Gasteiger partial charge is 0.444 e. The molecule has 1 aromatic carbocycles. The summed E-state index contributed by atoms with van der Waals surface area (Å²) in [4.78, 5) is 45.5. The van der Waals surface area contributed by atoms with Gasteiger partial charge in [0, 0.05) is 31.7 Å². The molecule has 9 heteroatoms. The van der Waals surface area contributed by atoms with Crippen LogP contribution >= 0.6 is 0 Å². The maximum atomic E-state index is 13.7. The summed E-state index contributed by atoms with van der Waals surface area (Å²) >= 11 is 0. The van der Waals surface area contributed by atoms with Crippen molar-refractivity contribution < 1.29 is 23.5 Å². The fraction of sp³-hybridized carbons (Fsp3) is 0.667. The van der Waals surface area contributed by atoms with E-state index >= 15 is 0 Å². The minimum Gasteiger partial charge on any atom is -0.444 e. The van der Waals surface area contributed by atoms with Crippen molar-refractivity contribution in [3.63, 3.8) is 0 Å². The number of fused-ring (bicyclic) bond motifs is 3. The predicted molar refractivity (Wildman–Crippen MR) is 132 cm³/mol. The number of alkyl carbamates (subject to hydrolysis) is 1. The molecule has 3 heterocycles. The summed E-state index contributed by atoms with van der Waals surface area (Å²) in [6, 6.07) is 3.93. The molecule has 3 saturated heterocycles. The second-order valence-corrected chi connectivity index (χ2v) is 11.7. The van der Waals surface area contributed by atoms with Gasteiger partial charge in [0.05, 0.1) is 12.1 Å². The van der Waals surface area contributed by atoms with Gasteiger partial charge in [-0.05, 0) is 83.1 Å². The Hall–Kier alpha value is -2.68. The molecule has 1 aromatic rings. The number of piperazine rings is 1. The summed E-state index contributed by atoms with van der Waals surface area (Å²) in [7, 11) is 0. The Morgan fingerprint density at radius 1 is 1.22 bits per heavy atom. The molecular weight excluding hydrogens is 463 g/mol. The van der Waals surface area contributed by atoms with E-state index in [1.165, 1.54) is 6.07 Å². The third kappa shape index (κ3) is 4.69. The smallest absolute Gasteiger partial charge is 0.408 e. The van der Waals surface area contributed by atoms with Crippen molar-refractivity contribution in [1.29, 1.82) is 0 Å². The van der Waals surface area contributed by atoms with Crippen LogP contribution in [0.4, 0.5) is 9.18 Å². The van der Waals surface area contributed by atoms with E-state index in [4.69, 9.17) is 4.74 Å². The van der Waals surface area contributed by atoms with Gasteiger partial charge in [0.15, 0.2) is 0 Å². The Labute approximate surface area is 212 Å². The van der Waals surface area contributed by atoms with Crippen molar-refractivity contribution in [2.45, 2.75) is 95.6 Å². The topological polar surface area (TPSA) is 82.2 Å². The first-order valence-electron chi connectivity index (χ1n) is 13.2. The summed E-state index contributed by atoms with van der Waals surface area (Å²) in [5.41, 5.74) is 1.35. The van der Waals surface area contributed by atoms with E-state index in [0.29, 0.717) is 19.5 Å². The lowest BCUT2D eigenvalue weighted by atomic mass is 10.1. The number of aryl methyl sites for hydroxylation is 1. The van der Waals surface area contributed by atoms with Gasteiger partial charge in [0.1, 0.15) is 17.5 Å². The molecule has 36 heavy (non-hydrogen) atoms. The average Bonchev–Trinajstić information content (AvgIpc) is 3.55. The number of carbonyl (C=O) groups excluding carboxylic acids is 3. The zero-order valence-electron chi connectivity index (χ0n) is 21.6. The van der Waals surface area contributed by atoms with Gasteiger partial charge >= 0.3 is 6.09 Å². The first-order valence-corrected chi connectivity index (χ1v) is 13.2. The minimum absolute atomic E-state index is 0.0204. The molecule has 8 nitrogen and oxygen atoms in total. The van der Waals surface area contributed by atoms with Crippen LogP contribution in [0, 0.1) is 5.82 Å². The molecule has 4 aliphatic rings. The third-order valence-corrected chi connectivity index (χ3v) is 8.04. The van der Waals surface area contributed by atoms with Gasteiger partial charge in [0.25, 0.3) is 0 Å². The monoisotopic (exact) mass is 500 g/mol. The Morgan fingerprint density at radius 2 is 2.00 bits per heavy atom. The van der Waals surface area contributed by atoms with Crippen LogP contribution in [0.5, 0.6) is 0 Å². The van der Waals surface area contributed by atoms with Gasteiger partial charge < -0.3 is 19.9 Å². The third-order valence-electron chi connectivity index (χ3n) is 8.04. The number of hydrogen-bond donors (Lipinski definition) is 1. The van der Waals surface area contributed by atoms with Crippen LogP contribution in [0.25, 0.3) is 0 Å². The number of rotatable bonds is 5. The van der Waals surface area contributed by atoms with Gasteiger partial charge in [-0.1, -0.05) is 6.07 Å². The number of amides is 3. The van der Waals surface area contributed by atoms with E-state index in [1.54, 1.807) is 26.8 Å². The first kappa shape index (κ1) is 25.0. The molecule has 3 aliphatic heterocycles. The van der Waals surface area contributed by atoms with Crippen molar-refractivity contribution in [2.75, 3.05) is 19.6 Å². The highest BCUT2D eigenvalue weighted by atomic mass is 19.1. The lowest BCUT2D eigenvalue weighted by molar-refractivity contribution is -0.141. The number of likely N-dealkylation sites (tertiary alicyclic amines) is 3. The molecule has 0 aromatic heterocycles. The van der Waals surface area contributed by atoms with Crippen LogP contribution in [0.2, 0.25) is 0 Å². The number of benzene rings is 1. The van der Waals surface area contributed by atoms with Crippen LogP contribution in [-0.2, 0) is 20.7 Å². The highest BCUT2D eigenvalue weighted by molar-refractivity contribution is 5.88. The van der Waals surface area contributed by atoms with Crippen molar-refractivity contribution in [3.8, 4) is 0 Å². The summed E-state index contributed by atoms with van der Waals surface area (Å²) in [5, 5.41) is 2.80. The first-order chi connectivity index (χ1) is 17.0. The maximum absolute atomic E-state index is 13.7. The van der Waals surface area contributed by atoms with Crippen molar-refractivity contribution in [3.05, 3.63) is 35.1 Å². The Morgan fingerprint density at radius 3 is 2.67 bits per heavy atom. The summed E-state index contributed by atoms with van der Waals surface area (Å²) < 4.78 is 19.1. The fourth-order valence-corrected chi connectivity index (χ4v) is 6.48. The minimum atomic E-state index is -0.781. The molecule has 5 atom stereocenters. The van der Waals surface area contributed by atoms with E-state index in [0.717, 1.165) is 36.8 Å². The molecule has 0 spiro atoms. The number of nitrogens with zero attached hydrogens (tertiary/aromatic N) is 3. The van der Waals surface area contributed by atoms with E-state index in [9.17, 15) is 18.8 Å². The number of halogens is 1. The van der Waals surface area contributed by atoms with Crippen LogP contribution in [0.15, 0.2) is 18.2 Å². The number of ether oxygens (including phenoxy) is 1. The van der Waals surface area contributed by atoms with Crippen molar-refractivity contribution in [1.82, 2.24) is 20.0 Å². The molecule has 0 unspecified atom stereocenters. The predicted octanol–water partition coefficient (Wildman–Crippen LogP) is 3.00. The normalized spacial score (nSPS) is 28.5. The lowest BCUT2D eigenvalue weighted by Gasteiger charge is -2.39. The Balaban J connectivity index is 1.29. The molecule has 2 bridgehead atoms. The van der Waals surface area contributed by atoms with E-state index in [2.05, 4.69) is 5.32 Å². The fourth-order valence-electron chi connectivity index (χ4n) is 6.48. The SMILES string of the molecule is C[C@@H]1CCCN1C(=O)[C@H](CN1C[C@@H]2C[C@H]1C(=O)N2[C@@H]1CCc2cc(F)ccc21)NC(=O)OC(C)(C)C. The van der Waals surface area contributed by atoms with Crippen molar-refractivity contribution >= 4 is 17.9 Å². The maximum Gasteiger partial charge on any atom is 0.408 e. The summed E-state index contributed by atoms with van der Waals surface area (Å²) in [6.07, 6.45) is 3.55. The zero-order valence-corrected chi connectivity index (χ0v) is 21.6. The number of nitrogens with one attached hydrogen (secondary N) is 1. The second-order valence-electron chi connectivity index (χ2n) is 11.7. The van der Waals surface area contributed by atoms with E-state index < -0.39 is 17.7 Å². The molecule has 0 saturated carbocycles. The van der Waals surface area contributed by atoms with E-state index in [-0.39, 0.29) is 48.3 Å². The van der Waals surface area contributed by atoms with Gasteiger partial charge in [0.2, 0.25) is 11.8 Å². The van der Waals surface area contributed by atoms with Gasteiger partial charge in [-0.3, -0.25) is 14.5 Å². The van der Waals surface area contributed by atoms with Crippen molar-refractivity contribution in [2.24, 2.45) is 0 Å².